The van der Waals surface area contributed by atoms with E-state index in [4.69, 9.17) is 10.2 Å². The summed E-state index contributed by atoms with van der Waals surface area (Å²) in [6.45, 7) is 1.29. The summed E-state index contributed by atoms with van der Waals surface area (Å²) < 4.78 is 34.8. The van der Waals surface area contributed by atoms with Crippen LogP contribution in [0.5, 0.6) is 0 Å². The lowest BCUT2D eigenvalue weighted by Crippen LogP contribution is -2.48. The Balaban J connectivity index is 1.67. The zero-order valence-electron chi connectivity index (χ0n) is 14.7. The topological polar surface area (TPSA) is 75.6 Å². The molecule has 1 saturated heterocycles. The minimum absolute atomic E-state index is 0.00486. The SMILES string of the molecule is CN1CCN(Cc2c(F)cc(-c3cccc4nc(N)oc34)cc2F)CC1=O. The number of rotatable bonds is 3. The first-order chi connectivity index (χ1) is 12.9. The molecule has 1 aliphatic heterocycles. The summed E-state index contributed by atoms with van der Waals surface area (Å²) >= 11 is 0. The van der Waals surface area contributed by atoms with Crippen LogP contribution in [0.1, 0.15) is 5.56 Å². The first kappa shape index (κ1) is 17.4. The fourth-order valence-corrected chi connectivity index (χ4v) is 3.27. The van der Waals surface area contributed by atoms with Gasteiger partial charge in [0.15, 0.2) is 5.58 Å². The van der Waals surface area contributed by atoms with Gasteiger partial charge in [-0.1, -0.05) is 12.1 Å². The van der Waals surface area contributed by atoms with Crippen LogP contribution < -0.4 is 5.73 Å². The van der Waals surface area contributed by atoms with E-state index in [-0.39, 0.29) is 30.6 Å². The van der Waals surface area contributed by atoms with Crippen molar-refractivity contribution in [3.05, 3.63) is 47.5 Å². The smallest absolute Gasteiger partial charge is 0.293 e. The average molecular weight is 372 g/mol. The lowest BCUT2D eigenvalue weighted by Gasteiger charge is -2.32. The number of nitrogens with zero attached hydrogens (tertiary/aromatic N) is 3. The summed E-state index contributed by atoms with van der Waals surface area (Å²) in [7, 11) is 1.71. The second-order valence-corrected chi connectivity index (χ2v) is 6.65. The Labute approximate surface area is 154 Å². The number of halogens is 2. The van der Waals surface area contributed by atoms with Crippen molar-refractivity contribution in [2.45, 2.75) is 6.54 Å². The van der Waals surface area contributed by atoms with Gasteiger partial charge >= 0.3 is 0 Å². The van der Waals surface area contributed by atoms with Crippen molar-refractivity contribution in [3.8, 4) is 11.1 Å². The molecule has 3 aromatic rings. The Kier molecular flexibility index (Phi) is 4.27. The van der Waals surface area contributed by atoms with Crippen molar-refractivity contribution in [1.29, 1.82) is 0 Å². The summed E-state index contributed by atoms with van der Waals surface area (Å²) in [5.74, 6) is -1.39. The van der Waals surface area contributed by atoms with Gasteiger partial charge in [0.1, 0.15) is 17.2 Å². The minimum Gasteiger partial charge on any atom is -0.423 e. The number of carbonyl (C=O) groups is 1. The van der Waals surface area contributed by atoms with Gasteiger partial charge in [0.05, 0.1) is 6.54 Å². The third-order valence-corrected chi connectivity index (χ3v) is 4.80. The second-order valence-electron chi connectivity index (χ2n) is 6.65. The van der Waals surface area contributed by atoms with Crippen LogP contribution in [0, 0.1) is 11.6 Å². The Morgan fingerprint density at radius 2 is 1.96 bits per heavy atom. The molecule has 0 aliphatic carbocycles. The van der Waals surface area contributed by atoms with E-state index in [1.165, 1.54) is 12.1 Å². The quantitative estimate of drug-likeness (QED) is 0.765. The number of oxazole rings is 1. The molecule has 140 valence electrons. The van der Waals surface area contributed by atoms with Gasteiger partial charge in [-0.3, -0.25) is 9.69 Å². The first-order valence-corrected chi connectivity index (χ1v) is 8.52. The first-order valence-electron chi connectivity index (χ1n) is 8.52. The van der Waals surface area contributed by atoms with Gasteiger partial charge in [0, 0.05) is 37.8 Å². The number of carbonyl (C=O) groups excluding carboxylic acids is 1. The van der Waals surface area contributed by atoms with E-state index in [0.29, 0.717) is 35.3 Å². The number of fused-ring (bicyclic) bond motifs is 1. The standard InChI is InChI=1S/C19H18F2N4O2/c1-24-5-6-25(10-17(24)26)9-13-14(20)7-11(8-15(13)21)12-3-2-4-16-18(12)27-19(22)23-16/h2-4,7-8H,5-6,9-10H2,1H3,(H2,22,23). The largest absolute Gasteiger partial charge is 0.423 e. The van der Waals surface area contributed by atoms with Crippen LogP contribution in [0.3, 0.4) is 0 Å². The van der Waals surface area contributed by atoms with Crippen molar-refractivity contribution in [2.75, 3.05) is 32.4 Å². The van der Waals surface area contributed by atoms with Crippen LogP contribution >= 0.6 is 0 Å². The normalized spacial score (nSPS) is 15.7. The van der Waals surface area contributed by atoms with Crippen LogP contribution in [0.4, 0.5) is 14.8 Å². The van der Waals surface area contributed by atoms with Gasteiger partial charge in [-0.05, 0) is 23.8 Å². The highest BCUT2D eigenvalue weighted by molar-refractivity contribution is 5.91. The molecule has 8 heteroatoms. The highest BCUT2D eigenvalue weighted by atomic mass is 19.1. The van der Waals surface area contributed by atoms with Gasteiger partial charge in [-0.25, -0.2) is 8.78 Å². The van der Waals surface area contributed by atoms with Crippen LogP contribution in [0.2, 0.25) is 0 Å². The van der Waals surface area contributed by atoms with Gasteiger partial charge in [0.2, 0.25) is 5.91 Å². The van der Waals surface area contributed by atoms with Crippen molar-refractivity contribution < 1.29 is 18.0 Å². The van der Waals surface area contributed by atoms with E-state index in [2.05, 4.69) is 4.98 Å². The monoisotopic (exact) mass is 372 g/mol. The van der Waals surface area contributed by atoms with E-state index in [1.807, 2.05) is 0 Å². The average Bonchev–Trinajstić information content (AvgIpc) is 3.01. The number of benzene rings is 2. The molecule has 2 heterocycles. The molecule has 4 rings (SSSR count). The van der Waals surface area contributed by atoms with Crippen LogP contribution in [0.25, 0.3) is 22.2 Å². The highest BCUT2D eigenvalue weighted by Crippen LogP contribution is 2.32. The predicted octanol–water partition coefficient (Wildman–Crippen LogP) is 2.63. The van der Waals surface area contributed by atoms with Crippen molar-refractivity contribution in [1.82, 2.24) is 14.8 Å². The molecule has 2 aromatic carbocycles. The fraction of sp³-hybridized carbons (Fsp3) is 0.263. The number of para-hydroxylation sites is 1. The number of nitrogens with two attached hydrogens (primary N) is 1. The van der Waals surface area contributed by atoms with Crippen LogP contribution in [-0.4, -0.2) is 47.4 Å². The molecular formula is C19H18F2N4O2. The number of aromatic nitrogens is 1. The summed E-state index contributed by atoms with van der Waals surface area (Å²) in [4.78, 5) is 19.2. The van der Waals surface area contributed by atoms with Crippen LogP contribution in [0.15, 0.2) is 34.7 Å². The lowest BCUT2D eigenvalue weighted by molar-refractivity contribution is -0.134. The minimum atomic E-state index is -0.666. The molecule has 0 bridgehead atoms. The molecule has 1 aliphatic rings. The summed E-state index contributed by atoms with van der Waals surface area (Å²) in [6.07, 6.45) is 0. The van der Waals surface area contributed by atoms with Crippen molar-refractivity contribution in [2.24, 2.45) is 0 Å². The Bertz CT molecular complexity index is 1010. The fourth-order valence-electron chi connectivity index (χ4n) is 3.27. The number of amides is 1. The zero-order chi connectivity index (χ0) is 19.1. The Hall–Kier alpha value is -3.00. The van der Waals surface area contributed by atoms with Crippen LogP contribution in [-0.2, 0) is 11.3 Å². The molecule has 1 amide bonds. The van der Waals surface area contributed by atoms with E-state index in [9.17, 15) is 13.6 Å². The number of anilines is 1. The second kappa shape index (κ2) is 6.62. The molecule has 0 radical (unpaired) electrons. The molecule has 0 saturated carbocycles. The maximum absolute atomic E-state index is 14.7. The third-order valence-electron chi connectivity index (χ3n) is 4.80. The lowest BCUT2D eigenvalue weighted by atomic mass is 10.0. The molecule has 1 aromatic heterocycles. The summed E-state index contributed by atoms with van der Waals surface area (Å²) in [5.41, 5.74) is 7.28. The van der Waals surface area contributed by atoms with Gasteiger partial charge in [0.25, 0.3) is 6.01 Å². The summed E-state index contributed by atoms with van der Waals surface area (Å²) in [6, 6.07) is 7.66. The van der Waals surface area contributed by atoms with Gasteiger partial charge in [-0.15, -0.1) is 0 Å². The number of hydrogen-bond donors (Lipinski definition) is 1. The van der Waals surface area contributed by atoms with E-state index in [0.717, 1.165) is 0 Å². The maximum atomic E-state index is 14.7. The highest BCUT2D eigenvalue weighted by Gasteiger charge is 2.24. The Morgan fingerprint density at radius 3 is 2.67 bits per heavy atom. The number of likely N-dealkylation sites (N-methyl/N-ethyl adjacent to an activating group) is 1. The number of nitrogen functional groups attached to an aromatic ring is 1. The molecule has 2 N–H and O–H groups in total. The molecule has 0 spiro atoms. The molecule has 27 heavy (non-hydrogen) atoms. The predicted molar refractivity (Wildman–Crippen MR) is 96.7 cm³/mol. The molecule has 0 atom stereocenters. The van der Waals surface area contributed by atoms with Crippen molar-refractivity contribution in [3.63, 3.8) is 0 Å². The summed E-state index contributed by atoms with van der Waals surface area (Å²) in [5, 5.41) is 0. The molecular weight excluding hydrogens is 354 g/mol. The molecule has 1 fully saturated rings. The molecule has 0 unspecified atom stereocenters. The zero-order valence-corrected chi connectivity index (χ0v) is 14.7. The van der Waals surface area contributed by atoms with Gasteiger partial charge < -0.3 is 15.1 Å². The van der Waals surface area contributed by atoms with E-state index in [1.54, 1.807) is 35.0 Å². The van der Waals surface area contributed by atoms with Crippen molar-refractivity contribution >= 4 is 23.0 Å². The van der Waals surface area contributed by atoms with E-state index < -0.39 is 11.6 Å². The third kappa shape index (κ3) is 3.23. The Morgan fingerprint density at radius 1 is 1.22 bits per heavy atom. The molecule has 6 nitrogen and oxygen atoms in total. The van der Waals surface area contributed by atoms with Gasteiger partial charge in [-0.2, -0.15) is 4.98 Å². The number of hydrogen-bond acceptors (Lipinski definition) is 5. The van der Waals surface area contributed by atoms with E-state index >= 15 is 0 Å². The number of piperazine rings is 1. The maximum Gasteiger partial charge on any atom is 0.293 e.